The van der Waals surface area contributed by atoms with Gasteiger partial charge in [0.1, 0.15) is 0 Å². The van der Waals surface area contributed by atoms with Crippen LogP contribution < -0.4 is 16.1 Å². The maximum absolute atomic E-state index is 13.3. The third kappa shape index (κ3) is 3.67. The van der Waals surface area contributed by atoms with Crippen molar-refractivity contribution in [2.45, 2.75) is 44.0 Å². The van der Waals surface area contributed by atoms with E-state index >= 15 is 0 Å². The Morgan fingerprint density at radius 1 is 1.00 bits per heavy atom. The van der Waals surface area contributed by atoms with Crippen molar-refractivity contribution in [3.63, 3.8) is 0 Å². The van der Waals surface area contributed by atoms with E-state index in [0.717, 1.165) is 29.4 Å². The lowest BCUT2D eigenvalue weighted by Crippen LogP contribution is -2.35. The molecule has 2 aliphatic rings. The molecule has 0 spiro atoms. The topological polar surface area (TPSA) is 113 Å². The number of fused-ring (bicyclic) bond motifs is 2. The molecular weight excluding hydrogens is 456 g/mol. The quantitative estimate of drug-likeness (QED) is 0.612. The van der Waals surface area contributed by atoms with Crippen LogP contribution in [-0.2, 0) is 23.0 Å². The van der Waals surface area contributed by atoms with Crippen LogP contribution in [0.15, 0.2) is 50.9 Å². The molecule has 1 N–H and O–H groups in total. The summed E-state index contributed by atoms with van der Waals surface area (Å²) in [4.78, 5) is 42.5. The molecule has 0 saturated carbocycles. The Kier molecular flexibility index (Phi) is 5.65. The van der Waals surface area contributed by atoms with Gasteiger partial charge in [0.2, 0.25) is 10.0 Å². The number of benzene rings is 2. The van der Waals surface area contributed by atoms with E-state index in [1.165, 1.54) is 6.07 Å². The van der Waals surface area contributed by atoms with Crippen molar-refractivity contribution in [3.05, 3.63) is 68.4 Å². The predicted octanol–water partition coefficient (Wildman–Crippen LogP) is 2.09. The molecule has 2 aromatic carbocycles. The number of hydrogen-bond donors (Lipinski definition) is 1. The Morgan fingerprint density at radius 3 is 2.50 bits per heavy atom. The van der Waals surface area contributed by atoms with Gasteiger partial charge in [0.25, 0.3) is 11.5 Å². The van der Waals surface area contributed by atoms with Crippen LogP contribution >= 0.6 is 0 Å². The minimum atomic E-state index is -3.55. The second-order valence-corrected chi connectivity index (χ2v) is 10.6. The highest BCUT2D eigenvalue weighted by atomic mass is 32.2. The van der Waals surface area contributed by atoms with Crippen LogP contribution in [0.3, 0.4) is 0 Å². The Bertz CT molecular complexity index is 1520. The van der Waals surface area contributed by atoms with Crippen LogP contribution in [0.4, 0.5) is 5.69 Å². The van der Waals surface area contributed by atoms with Gasteiger partial charge < -0.3 is 9.88 Å². The van der Waals surface area contributed by atoms with Gasteiger partial charge in [0.15, 0.2) is 0 Å². The molecule has 9 nitrogen and oxygen atoms in total. The summed E-state index contributed by atoms with van der Waals surface area (Å²) in [6.45, 7) is 3.47. The molecule has 1 saturated heterocycles. The van der Waals surface area contributed by atoms with Crippen molar-refractivity contribution in [1.29, 1.82) is 0 Å². The molecule has 1 aromatic heterocycles. The number of carbonyl (C=O) groups excluding carboxylic acids is 1. The molecular formula is C24H26N4O5S. The van der Waals surface area contributed by atoms with Gasteiger partial charge >= 0.3 is 5.69 Å². The third-order valence-electron chi connectivity index (χ3n) is 6.69. The smallest absolute Gasteiger partial charge is 0.308 e. The average Bonchev–Trinajstić information content (AvgIpc) is 3.27. The SMILES string of the molecule is CCn1c(=O)[nH]c2cc(C(=O)N3CCc4cc(S(=O)(=O)N5CCCCC5)ccc43)ccc2c1=O. The number of anilines is 1. The number of H-pyrrole nitrogens is 1. The summed E-state index contributed by atoms with van der Waals surface area (Å²) in [5, 5.41) is 0.340. The van der Waals surface area contributed by atoms with E-state index in [1.54, 1.807) is 46.5 Å². The van der Waals surface area contributed by atoms with E-state index in [4.69, 9.17) is 0 Å². The van der Waals surface area contributed by atoms with Crippen molar-refractivity contribution in [2.24, 2.45) is 0 Å². The second kappa shape index (κ2) is 8.52. The van der Waals surface area contributed by atoms with Gasteiger partial charge in [-0.05, 0) is 68.1 Å². The zero-order chi connectivity index (χ0) is 24.0. The molecule has 3 aromatic rings. The molecule has 178 valence electrons. The Hall–Kier alpha value is -3.24. The highest BCUT2D eigenvalue weighted by molar-refractivity contribution is 7.89. The molecule has 1 amide bonds. The molecule has 1 fully saturated rings. The summed E-state index contributed by atoms with van der Waals surface area (Å²) in [5.74, 6) is -0.271. The number of nitrogens with one attached hydrogen (secondary N) is 1. The lowest BCUT2D eigenvalue weighted by atomic mass is 10.1. The normalized spacial score (nSPS) is 16.7. The van der Waals surface area contributed by atoms with Gasteiger partial charge in [0, 0.05) is 37.4 Å². The highest BCUT2D eigenvalue weighted by Gasteiger charge is 2.30. The maximum Gasteiger partial charge on any atom is 0.328 e. The molecule has 0 aliphatic carbocycles. The number of hydrogen-bond acceptors (Lipinski definition) is 5. The van der Waals surface area contributed by atoms with Crippen LogP contribution in [0.1, 0.15) is 42.1 Å². The maximum atomic E-state index is 13.3. The summed E-state index contributed by atoms with van der Waals surface area (Å²) >= 11 is 0. The zero-order valence-electron chi connectivity index (χ0n) is 18.9. The van der Waals surface area contributed by atoms with Crippen LogP contribution in [0.2, 0.25) is 0 Å². The highest BCUT2D eigenvalue weighted by Crippen LogP contribution is 2.33. The molecule has 10 heteroatoms. The first-order valence-electron chi connectivity index (χ1n) is 11.5. The van der Waals surface area contributed by atoms with E-state index < -0.39 is 21.3 Å². The van der Waals surface area contributed by atoms with E-state index in [9.17, 15) is 22.8 Å². The monoisotopic (exact) mass is 482 g/mol. The number of carbonyl (C=O) groups is 1. The summed E-state index contributed by atoms with van der Waals surface area (Å²) in [7, 11) is -3.55. The summed E-state index contributed by atoms with van der Waals surface area (Å²) in [5.41, 5.74) is 1.24. The number of aromatic amines is 1. The minimum Gasteiger partial charge on any atom is -0.308 e. The van der Waals surface area contributed by atoms with Crippen molar-refractivity contribution in [3.8, 4) is 0 Å². The van der Waals surface area contributed by atoms with Crippen molar-refractivity contribution in [1.82, 2.24) is 13.9 Å². The molecule has 0 unspecified atom stereocenters. The van der Waals surface area contributed by atoms with Crippen molar-refractivity contribution < 1.29 is 13.2 Å². The second-order valence-electron chi connectivity index (χ2n) is 8.70. The molecule has 0 bridgehead atoms. The minimum absolute atomic E-state index is 0.255. The molecule has 0 radical (unpaired) electrons. The van der Waals surface area contributed by atoms with Crippen LogP contribution in [0.25, 0.3) is 10.9 Å². The molecule has 0 atom stereocenters. The van der Waals surface area contributed by atoms with Gasteiger partial charge in [-0.2, -0.15) is 4.31 Å². The van der Waals surface area contributed by atoms with Crippen molar-refractivity contribution >= 4 is 32.5 Å². The molecule has 2 aliphatic heterocycles. The first-order chi connectivity index (χ1) is 16.3. The Morgan fingerprint density at radius 2 is 1.76 bits per heavy atom. The summed E-state index contributed by atoms with van der Waals surface area (Å²) in [6, 6.07) is 9.60. The fourth-order valence-electron chi connectivity index (χ4n) is 4.83. The van der Waals surface area contributed by atoms with Crippen molar-refractivity contribution in [2.75, 3.05) is 24.5 Å². The van der Waals surface area contributed by atoms with Crippen LogP contribution in [-0.4, -0.2) is 47.8 Å². The zero-order valence-corrected chi connectivity index (χ0v) is 19.7. The average molecular weight is 483 g/mol. The van der Waals surface area contributed by atoms with Crippen LogP contribution in [0, 0.1) is 0 Å². The number of sulfonamides is 1. The molecule has 34 heavy (non-hydrogen) atoms. The number of amides is 1. The molecule has 3 heterocycles. The van der Waals surface area contributed by atoms with E-state index in [0.29, 0.717) is 48.2 Å². The van der Waals surface area contributed by atoms with E-state index in [1.807, 2.05) is 0 Å². The standard InChI is InChI=1S/C24H26N4O5S/c1-2-27-23(30)19-8-6-17(15-20(19)25-24(27)31)22(29)28-13-10-16-14-18(7-9-21(16)28)34(32,33)26-11-4-3-5-12-26/h6-9,14-15H,2-5,10-13H2,1H3,(H,25,31). The Balaban J connectivity index is 1.45. The van der Waals surface area contributed by atoms with Gasteiger partial charge in [0.05, 0.1) is 15.8 Å². The van der Waals surface area contributed by atoms with E-state index in [2.05, 4.69) is 4.98 Å². The van der Waals surface area contributed by atoms with Gasteiger partial charge in [-0.15, -0.1) is 0 Å². The third-order valence-corrected chi connectivity index (χ3v) is 8.58. The Labute approximate surface area is 196 Å². The summed E-state index contributed by atoms with van der Waals surface area (Å²) in [6.07, 6.45) is 3.34. The van der Waals surface area contributed by atoms with E-state index in [-0.39, 0.29) is 17.3 Å². The first kappa shape index (κ1) is 22.5. The number of rotatable bonds is 4. The van der Waals surface area contributed by atoms with Gasteiger partial charge in [-0.25, -0.2) is 13.2 Å². The fraction of sp³-hybridized carbons (Fsp3) is 0.375. The lowest BCUT2D eigenvalue weighted by molar-refractivity contribution is 0.0989. The largest absolute Gasteiger partial charge is 0.328 e. The van der Waals surface area contributed by atoms with Gasteiger partial charge in [-0.1, -0.05) is 6.42 Å². The lowest BCUT2D eigenvalue weighted by Gasteiger charge is -2.26. The number of nitrogens with zero attached hydrogens (tertiary/aromatic N) is 3. The predicted molar refractivity (Wildman–Crippen MR) is 129 cm³/mol. The first-order valence-corrected chi connectivity index (χ1v) is 13.0. The number of piperidine rings is 1. The van der Waals surface area contributed by atoms with Gasteiger partial charge in [-0.3, -0.25) is 14.2 Å². The number of aromatic nitrogens is 2. The van der Waals surface area contributed by atoms with Crippen LogP contribution in [0.5, 0.6) is 0 Å². The summed E-state index contributed by atoms with van der Waals surface area (Å²) < 4.78 is 28.7. The fourth-order valence-corrected chi connectivity index (χ4v) is 6.40. The molecule has 5 rings (SSSR count).